The third-order valence-electron chi connectivity index (χ3n) is 3.08. The molecular weight excluding hydrogens is 252 g/mol. The van der Waals surface area contributed by atoms with Gasteiger partial charge in [0.2, 0.25) is 0 Å². The van der Waals surface area contributed by atoms with Crippen molar-refractivity contribution in [2.45, 2.75) is 46.6 Å². The molecule has 0 atom stereocenters. The summed E-state index contributed by atoms with van der Waals surface area (Å²) >= 11 is 0. The molecule has 1 aromatic rings. The zero-order valence-electron chi connectivity index (χ0n) is 13.1. The van der Waals surface area contributed by atoms with Gasteiger partial charge in [-0.2, -0.15) is 0 Å². The van der Waals surface area contributed by atoms with Gasteiger partial charge in [0.05, 0.1) is 6.10 Å². The molecule has 0 spiro atoms. The van der Waals surface area contributed by atoms with Crippen LogP contribution in [-0.2, 0) is 0 Å². The first kappa shape index (κ1) is 16.6. The van der Waals surface area contributed by atoms with Crippen molar-refractivity contribution in [3.8, 4) is 5.75 Å². The first-order valence-electron chi connectivity index (χ1n) is 7.24. The van der Waals surface area contributed by atoms with Gasteiger partial charge >= 0.3 is 0 Å². The Morgan fingerprint density at radius 2 is 2.00 bits per heavy atom. The highest BCUT2D eigenvalue weighted by molar-refractivity contribution is 5.59. The van der Waals surface area contributed by atoms with Gasteiger partial charge in [-0.1, -0.05) is 13.8 Å². The maximum atomic E-state index is 8.92. The Bertz CT molecular complexity index is 417. The van der Waals surface area contributed by atoms with Gasteiger partial charge < -0.3 is 20.9 Å². The second-order valence-electron chi connectivity index (χ2n) is 6.30. The summed E-state index contributed by atoms with van der Waals surface area (Å²) < 4.78 is 5.68. The van der Waals surface area contributed by atoms with E-state index in [2.05, 4.69) is 19.2 Å². The van der Waals surface area contributed by atoms with Crippen LogP contribution in [0.5, 0.6) is 5.75 Å². The second kappa shape index (κ2) is 7.39. The molecular formula is C16H28N2O2. The molecule has 0 aromatic heterocycles. The lowest BCUT2D eigenvalue weighted by atomic mass is 9.88. The monoisotopic (exact) mass is 280 g/mol. The van der Waals surface area contributed by atoms with Crippen molar-refractivity contribution in [1.82, 2.24) is 0 Å². The van der Waals surface area contributed by atoms with Crippen LogP contribution in [0.1, 0.15) is 40.5 Å². The highest BCUT2D eigenvalue weighted by Crippen LogP contribution is 2.26. The summed E-state index contributed by atoms with van der Waals surface area (Å²) in [6.45, 7) is 9.44. The lowest BCUT2D eigenvalue weighted by Gasteiger charge is -2.25. The molecule has 4 nitrogen and oxygen atoms in total. The van der Waals surface area contributed by atoms with Crippen LogP contribution in [-0.4, -0.2) is 24.4 Å². The smallest absolute Gasteiger partial charge is 0.123 e. The van der Waals surface area contributed by atoms with E-state index >= 15 is 0 Å². The number of nitrogens with two attached hydrogens (primary N) is 1. The Morgan fingerprint density at radius 3 is 2.60 bits per heavy atom. The average molecular weight is 280 g/mol. The summed E-state index contributed by atoms with van der Waals surface area (Å²) in [5, 5.41) is 12.3. The van der Waals surface area contributed by atoms with E-state index in [0.29, 0.717) is 5.69 Å². The SMILES string of the molecule is CC(C)Oc1cc(N)cc(NCC(C)(C)CCCO)c1. The zero-order chi connectivity index (χ0) is 15.2. The summed E-state index contributed by atoms with van der Waals surface area (Å²) in [5.41, 5.74) is 7.70. The van der Waals surface area contributed by atoms with E-state index in [0.717, 1.165) is 30.8 Å². The number of nitrogen functional groups attached to an aromatic ring is 1. The first-order valence-corrected chi connectivity index (χ1v) is 7.24. The summed E-state index contributed by atoms with van der Waals surface area (Å²) in [5.74, 6) is 0.788. The van der Waals surface area contributed by atoms with E-state index in [1.807, 2.05) is 32.0 Å². The van der Waals surface area contributed by atoms with Crippen molar-refractivity contribution >= 4 is 11.4 Å². The molecule has 0 aliphatic rings. The van der Waals surface area contributed by atoms with Crippen LogP contribution >= 0.6 is 0 Å². The lowest BCUT2D eigenvalue weighted by Crippen LogP contribution is -2.23. The molecule has 4 heteroatoms. The molecule has 0 unspecified atom stereocenters. The van der Waals surface area contributed by atoms with E-state index in [-0.39, 0.29) is 18.1 Å². The van der Waals surface area contributed by atoms with E-state index in [1.165, 1.54) is 0 Å². The van der Waals surface area contributed by atoms with Crippen molar-refractivity contribution in [2.24, 2.45) is 5.41 Å². The van der Waals surface area contributed by atoms with Crippen LogP contribution in [0, 0.1) is 5.41 Å². The average Bonchev–Trinajstić information content (AvgIpc) is 2.33. The minimum absolute atomic E-state index is 0.130. The highest BCUT2D eigenvalue weighted by atomic mass is 16.5. The number of aliphatic hydroxyl groups excluding tert-OH is 1. The van der Waals surface area contributed by atoms with Gasteiger partial charge in [-0.3, -0.25) is 0 Å². The van der Waals surface area contributed by atoms with Gasteiger partial charge in [-0.15, -0.1) is 0 Å². The number of benzene rings is 1. The molecule has 0 radical (unpaired) electrons. The van der Waals surface area contributed by atoms with E-state index < -0.39 is 0 Å². The number of hydrogen-bond donors (Lipinski definition) is 3. The van der Waals surface area contributed by atoms with E-state index in [4.69, 9.17) is 15.6 Å². The molecule has 114 valence electrons. The second-order valence-corrected chi connectivity index (χ2v) is 6.30. The Hall–Kier alpha value is -1.42. The molecule has 1 rings (SSSR count). The zero-order valence-corrected chi connectivity index (χ0v) is 13.1. The Labute approximate surface area is 122 Å². The fourth-order valence-corrected chi connectivity index (χ4v) is 2.05. The van der Waals surface area contributed by atoms with E-state index in [9.17, 15) is 0 Å². The molecule has 0 saturated heterocycles. The molecule has 0 fully saturated rings. The van der Waals surface area contributed by atoms with E-state index in [1.54, 1.807) is 0 Å². The number of hydrogen-bond acceptors (Lipinski definition) is 4. The third-order valence-corrected chi connectivity index (χ3v) is 3.08. The summed E-state index contributed by atoms with van der Waals surface area (Å²) in [6, 6.07) is 5.72. The minimum Gasteiger partial charge on any atom is -0.491 e. The van der Waals surface area contributed by atoms with Crippen LogP contribution in [0.15, 0.2) is 18.2 Å². The Kier molecular flexibility index (Phi) is 6.14. The van der Waals surface area contributed by atoms with Crippen molar-refractivity contribution < 1.29 is 9.84 Å². The maximum absolute atomic E-state index is 8.92. The molecule has 1 aromatic carbocycles. The van der Waals surface area contributed by atoms with Crippen LogP contribution in [0.4, 0.5) is 11.4 Å². The number of anilines is 2. The van der Waals surface area contributed by atoms with Gasteiger partial charge in [-0.05, 0) is 38.2 Å². The fourth-order valence-electron chi connectivity index (χ4n) is 2.05. The molecule has 20 heavy (non-hydrogen) atoms. The largest absolute Gasteiger partial charge is 0.491 e. The minimum atomic E-state index is 0.130. The third kappa shape index (κ3) is 6.15. The van der Waals surface area contributed by atoms with Gasteiger partial charge in [0.15, 0.2) is 0 Å². The van der Waals surface area contributed by atoms with Crippen LogP contribution in [0.2, 0.25) is 0 Å². The predicted molar refractivity (Wildman–Crippen MR) is 85.2 cm³/mol. The van der Waals surface area contributed by atoms with Gasteiger partial charge in [0.1, 0.15) is 5.75 Å². The first-order chi connectivity index (χ1) is 9.32. The van der Waals surface area contributed by atoms with Crippen molar-refractivity contribution in [3.05, 3.63) is 18.2 Å². The highest BCUT2D eigenvalue weighted by Gasteiger charge is 2.17. The normalized spacial score (nSPS) is 11.7. The van der Waals surface area contributed by atoms with Gasteiger partial charge in [0, 0.05) is 36.7 Å². The maximum Gasteiger partial charge on any atom is 0.123 e. The van der Waals surface area contributed by atoms with Crippen molar-refractivity contribution in [3.63, 3.8) is 0 Å². The molecule has 4 N–H and O–H groups in total. The molecule has 0 heterocycles. The molecule has 0 saturated carbocycles. The Balaban J connectivity index is 2.65. The molecule has 0 aliphatic heterocycles. The number of rotatable bonds is 8. The standard InChI is InChI=1S/C16H28N2O2/c1-12(2)20-15-9-13(17)8-14(10-15)18-11-16(3,4)6-5-7-19/h8-10,12,18-19H,5-7,11,17H2,1-4H3. The number of nitrogens with one attached hydrogen (secondary N) is 1. The fraction of sp³-hybridized carbons (Fsp3) is 0.625. The Morgan fingerprint density at radius 1 is 1.30 bits per heavy atom. The molecule has 0 aliphatic carbocycles. The van der Waals surface area contributed by atoms with Crippen molar-refractivity contribution in [2.75, 3.05) is 24.2 Å². The summed E-state index contributed by atoms with van der Waals surface area (Å²) in [6.07, 6.45) is 1.94. The molecule has 0 amide bonds. The molecule has 0 bridgehead atoms. The quantitative estimate of drug-likeness (QED) is 0.639. The van der Waals surface area contributed by atoms with Crippen LogP contribution < -0.4 is 15.8 Å². The number of ether oxygens (including phenoxy) is 1. The van der Waals surface area contributed by atoms with Crippen molar-refractivity contribution in [1.29, 1.82) is 0 Å². The van der Waals surface area contributed by atoms with Gasteiger partial charge in [0.25, 0.3) is 0 Å². The lowest BCUT2D eigenvalue weighted by molar-refractivity contribution is 0.242. The predicted octanol–water partition coefficient (Wildman–Crippen LogP) is 3.27. The van der Waals surface area contributed by atoms with Gasteiger partial charge in [-0.25, -0.2) is 0 Å². The van der Waals surface area contributed by atoms with Crippen LogP contribution in [0.25, 0.3) is 0 Å². The topological polar surface area (TPSA) is 67.5 Å². The number of aliphatic hydroxyl groups is 1. The summed E-state index contributed by atoms with van der Waals surface area (Å²) in [7, 11) is 0. The van der Waals surface area contributed by atoms with Crippen LogP contribution in [0.3, 0.4) is 0 Å². The summed E-state index contributed by atoms with van der Waals surface area (Å²) in [4.78, 5) is 0.